The van der Waals surface area contributed by atoms with Crippen molar-refractivity contribution in [3.8, 4) is 0 Å². The van der Waals surface area contributed by atoms with Gasteiger partial charge in [0.1, 0.15) is 18.2 Å². The molecule has 0 rings (SSSR count). The minimum atomic E-state index is -0.820. The number of hydrogen-bond acceptors (Lipinski definition) is 6. The second-order valence-electron chi connectivity index (χ2n) is 4.96. The van der Waals surface area contributed by atoms with Crippen LogP contribution >= 0.6 is 0 Å². The van der Waals surface area contributed by atoms with E-state index in [4.69, 9.17) is 4.74 Å². The Morgan fingerprint density at radius 3 is 2.30 bits per heavy atom. The number of ether oxygens (including phenoxy) is 3. The highest BCUT2D eigenvalue weighted by molar-refractivity contribution is 5.85. The molecule has 0 saturated carbocycles. The molecule has 0 heterocycles. The molecule has 0 aromatic carbocycles. The predicted octanol–water partition coefficient (Wildman–Crippen LogP) is 0.799. The monoisotopic (exact) mass is 290 g/mol. The average Bonchev–Trinajstić information content (AvgIpc) is 2.31. The standard InChI is InChI=1S/C12H22N2O6/c1-8(14-10(16)20-12(2,3)4)9(15)13-6-7-19-11(17)18-5/h8H,6-7H2,1-5H3,(H,13,15)(H,14,16)/t8-/m0/s1. The van der Waals surface area contributed by atoms with Crippen LogP contribution in [0.5, 0.6) is 0 Å². The maximum atomic E-state index is 11.6. The lowest BCUT2D eigenvalue weighted by Gasteiger charge is -2.21. The smallest absolute Gasteiger partial charge is 0.444 e. The normalized spacial score (nSPS) is 12.1. The number of nitrogens with one attached hydrogen (secondary N) is 2. The SMILES string of the molecule is COC(=O)OCCNC(=O)[C@H](C)NC(=O)OC(C)(C)C. The maximum Gasteiger partial charge on any atom is 0.508 e. The topological polar surface area (TPSA) is 103 Å². The summed E-state index contributed by atoms with van der Waals surface area (Å²) < 4.78 is 13.9. The van der Waals surface area contributed by atoms with Crippen molar-refractivity contribution in [3.05, 3.63) is 0 Å². The minimum Gasteiger partial charge on any atom is -0.444 e. The van der Waals surface area contributed by atoms with Gasteiger partial charge in [0, 0.05) is 0 Å². The van der Waals surface area contributed by atoms with E-state index in [9.17, 15) is 14.4 Å². The number of amides is 2. The molecule has 0 aliphatic heterocycles. The Morgan fingerprint density at radius 1 is 1.20 bits per heavy atom. The molecule has 8 nitrogen and oxygen atoms in total. The van der Waals surface area contributed by atoms with E-state index in [2.05, 4.69) is 20.1 Å². The first-order valence-corrected chi connectivity index (χ1v) is 6.13. The number of carbonyl (C=O) groups is 3. The van der Waals surface area contributed by atoms with Crippen LogP contribution < -0.4 is 10.6 Å². The van der Waals surface area contributed by atoms with Crippen molar-refractivity contribution in [3.63, 3.8) is 0 Å². The second kappa shape index (κ2) is 8.23. The van der Waals surface area contributed by atoms with E-state index in [0.717, 1.165) is 0 Å². The highest BCUT2D eigenvalue weighted by Crippen LogP contribution is 2.06. The van der Waals surface area contributed by atoms with Gasteiger partial charge in [-0.3, -0.25) is 4.79 Å². The van der Waals surface area contributed by atoms with Crippen LogP contribution in [0.15, 0.2) is 0 Å². The lowest BCUT2D eigenvalue weighted by molar-refractivity contribution is -0.123. The Kier molecular flexibility index (Phi) is 7.42. The zero-order valence-electron chi connectivity index (χ0n) is 12.4. The molecule has 0 unspecified atom stereocenters. The molecule has 0 saturated heterocycles. The van der Waals surface area contributed by atoms with Gasteiger partial charge in [-0.25, -0.2) is 9.59 Å². The Hall–Kier alpha value is -1.99. The second-order valence-corrected chi connectivity index (χ2v) is 4.96. The molecule has 0 aromatic heterocycles. The fraction of sp³-hybridized carbons (Fsp3) is 0.750. The number of carbonyl (C=O) groups excluding carboxylic acids is 3. The molecule has 0 aliphatic rings. The van der Waals surface area contributed by atoms with Crippen LogP contribution in [-0.4, -0.2) is 50.1 Å². The summed E-state index contributed by atoms with van der Waals surface area (Å²) in [5.74, 6) is -0.413. The fourth-order valence-electron chi connectivity index (χ4n) is 1.07. The molecule has 0 aliphatic carbocycles. The maximum absolute atomic E-state index is 11.6. The van der Waals surface area contributed by atoms with Crippen molar-refractivity contribution in [2.45, 2.75) is 39.3 Å². The lowest BCUT2D eigenvalue weighted by atomic mass is 10.2. The summed E-state index contributed by atoms with van der Waals surface area (Å²) in [7, 11) is 1.19. The van der Waals surface area contributed by atoms with Crippen molar-refractivity contribution in [2.24, 2.45) is 0 Å². The van der Waals surface area contributed by atoms with Gasteiger partial charge in [0.15, 0.2) is 0 Å². The summed E-state index contributed by atoms with van der Waals surface area (Å²) in [5.41, 5.74) is -0.630. The van der Waals surface area contributed by atoms with E-state index in [1.807, 2.05) is 0 Å². The molecule has 2 amide bonds. The van der Waals surface area contributed by atoms with E-state index in [1.54, 1.807) is 20.8 Å². The Morgan fingerprint density at radius 2 is 1.80 bits per heavy atom. The van der Waals surface area contributed by atoms with E-state index >= 15 is 0 Å². The number of methoxy groups -OCH3 is 1. The summed E-state index contributed by atoms with van der Waals surface area (Å²) >= 11 is 0. The third-order valence-corrected chi connectivity index (χ3v) is 1.91. The van der Waals surface area contributed by atoms with Gasteiger partial charge in [0.05, 0.1) is 13.7 Å². The zero-order chi connectivity index (χ0) is 15.8. The van der Waals surface area contributed by atoms with Crippen LogP contribution in [0.4, 0.5) is 9.59 Å². The predicted molar refractivity (Wildman–Crippen MR) is 70.2 cm³/mol. The molecule has 0 spiro atoms. The Labute approximate surface area is 118 Å². The van der Waals surface area contributed by atoms with Gasteiger partial charge < -0.3 is 24.8 Å². The first-order valence-electron chi connectivity index (χ1n) is 6.13. The number of rotatable bonds is 5. The zero-order valence-corrected chi connectivity index (χ0v) is 12.4. The van der Waals surface area contributed by atoms with Gasteiger partial charge in [0.25, 0.3) is 0 Å². The van der Waals surface area contributed by atoms with Gasteiger partial charge in [-0.05, 0) is 27.7 Å². The van der Waals surface area contributed by atoms with Crippen molar-refractivity contribution in [2.75, 3.05) is 20.3 Å². The third-order valence-electron chi connectivity index (χ3n) is 1.91. The largest absolute Gasteiger partial charge is 0.508 e. The fourth-order valence-corrected chi connectivity index (χ4v) is 1.07. The molecule has 20 heavy (non-hydrogen) atoms. The summed E-state index contributed by atoms with van der Waals surface area (Å²) in [6, 6.07) is -0.761. The van der Waals surface area contributed by atoms with Gasteiger partial charge in [-0.15, -0.1) is 0 Å². The molecule has 0 fully saturated rings. The van der Waals surface area contributed by atoms with E-state index in [0.29, 0.717) is 0 Å². The van der Waals surface area contributed by atoms with Crippen LogP contribution in [0.2, 0.25) is 0 Å². The van der Waals surface area contributed by atoms with Crippen molar-refractivity contribution < 1.29 is 28.6 Å². The van der Waals surface area contributed by atoms with E-state index in [-0.39, 0.29) is 13.2 Å². The molecule has 1 atom stereocenters. The quantitative estimate of drug-likeness (QED) is 0.573. The Bertz CT molecular complexity index is 350. The molecule has 2 N–H and O–H groups in total. The summed E-state index contributed by atoms with van der Waals surface area (Å²) in [4.78, 5) is 33.7. The van der Waals surface area contributed by atoms with Crippen LogP contribution in [0.25, 0.3) is 0 Å². The average molecular weight is 290 g/mol. The molecule has 0 radical (unpaired) electrons. The van der Waals surface area contributed by atoms with Crippen LogP contribution in [-0.2, 0) is 19.0 Å². The first kappa shape index (κ1) is 18.0. The molecule has 8 heteroatoms. The van der Waals surface area contributed by atoms with Crippen molar-refractivity contribution in [1.82, 2.24) is 10.6 Å². The van der Waals surface area contributed by atoms with E-state index < -0.39 is 29.8 Å². The highest BCUT2D eigenvalue weighted by Gasteiger charge is 2.20. The minimum absolute atomic E-state index is 0.0163. The summed E-state index contributed by atoms with van der Waals surface area (Å²) in [6.07, 6.45) is -1.50. The highest BCUT2D eigenvalue weighted by atomic mass is 16.7. The number of hydrogen-bond donors (Lipinski definition) is 2. The Balaban J connectivity index is 3.92. The molecular weight excluding hydrogens is 268 g/mol. The van der Waals surface area contributed by atoms with Gasteiger partial charge in [-0.2, -0.15) is 0 Å². The van der Waals surface area contributed by atoms with Gasteiger partial charge in [-0.1, -0.05) is 0 Å². The van der Waals surface area contributed by atoms with Crippen LogP contribution in [0.3, 0.4) is 0 Å². The lowest BCUT2D eigenvalue weighted by Crippen LogP contribution is -2.47. The molecular formula is C12H22N2O6. The van der Waals surface area contributed by atoms with Crippen molar-refractivity contribution >= 4 is 18.2 Å². The van der Waals surface area contributed by atoms with Crippen molar-refractivity contribution in [1.29, 1.82) is 0 Å². The van der Waals surface area contributed by atoms with Crippen LogP contribution in [0, 0.1) is 0 Å². The molecule has 0 aromatic rings. The van der Waals surface area contributed by atoms with Gasteiger partial charge in [0.2, 0.25) is 5.91 Å². The molecule has 0 bridgehead atoms. The van der Waals surface area contributed by atoms with E-state index in [1.165, 1.54) is 14.0 Å². The summed E-state index contributed by atoms with van der Waals surface area (Å²) in [6.45, 7) is 6.79. The van der Waals surface area contributed by atoms with Crippen LogP contribution in [0.1, 0.15) is 27.7 Å². The van der Waals surface area contributed by atoms with Gasteiger partial charge >= 0.3 is 12.2 Å². The summed E-state index contributed by atoms with van der Waals surface area (Å²) in [5, 5.41) is 4.88. The first-order chi connectivity index (χ1) is 9.15. The third kappa shape index (κ3) is 9.01. The molecule has 116 valence electrons. The number of alkyl carbamates (subject to hydrolysis) is 1.